The van der Waals surface area contributed by atoms with Crippen molar-refractivity contribution >= 4 is 23.6 Å². The number of ether oxygens (including phenoxy) is 2. The first-order valence-electron chi connectivity index (χ1n) is 12.8. The number of carbonyl (C=O) groups is 2. The van der Waals surface area contributed by atoms with Crippen LogP contribution in [0.3, 0.4) is 0 Å². The van der Waals surface area contributed by atoms with Crippen molar-refractivity contribution in [2.24, 2.45) is 0 Å². The van der Waals surface area contributed by atoms with Crippen LogP contribution in [-0.4, -0.2) is 43.5 Å². The third-order valence-electron chi connectivity index (χ3n) is 6.00. The molecule has 1 aromatic carbocycles. The summed E-state index contributed by atoms with van der Waals surface area (Å²) in [7, 11) is 0. The fourth-order valence-electron chi connectivity index (χ4n) is 4.14. The number of nitrogens with zero attached hydrogens (tertiary/aromatic N) is 4. The van der Waals surface area contributed by atoms with Crippen LogP contribution in [0.25, 0.3) is 16.8 Å². The summed E-state index contributed by atoms with van der Waals surface area (Å²) in [6.45, 7) is 5.25. The molecule has 0 bridgehead atoms. The van der Waals surface area contributed by atoms with Crippen LogP contribution in [0.5, 0.6) is 5.75 Å². The number of amides is 2. The van der Waals surface area contributed by atoms with Crippen LogP contribution in [0.1, 0.15) is 61.1 Å². The van der Waals surface area contributed by atoms with Gasteiger partial charge < -0.3 is 14.8 Å². The van der Waals surface area contributed by atoms with E-state index in [9.17, 15) is 22.8 Å². The van der Waals surface area contributed by atoms with E-state index in [2.05, 4.69) is 30.4 Å². The van der Waals surface area contributed by atoms with Crippen molar-refractivity contribution in [3.05, 3.63) is 71.7 Å². The van der Waals surface area contributed by atoms with Gasteiger partial charge in [-0.2, -0.15) is 4.98 Å². The normalized spacial score (nSPS) is 13.6. The molecule has 0 atom stereocenters. The fraction of sp³-hybridized carbons (Fsp3) is 0.321. The maximum Gasteiger partial charge on any atom is 0.573 e. The largest absolute Gasteiger partial charge is 0.573 e. The molecule has 1 fully saturated rings. The number of hydrogen-bond donors (Lipinski definition) is 2. The average molecular weight is 569 g/mol. The molecule has 0 unspecified atom stereocenters. The molecule has 3 aromatic heterocycles. The minimum atomic E-state index is -4.81. The molecular formula is C28H27F3N6O4. The fourth-order valence-corrected chi connectivity index (χ4v) is 4.14. The summed E-state index contributed by atoms with van der Waals surface area (Å²) in [5.41, 5.74) is 2.67. The Balaban J connectivity index is 1.34. The Morgan fingerprint density at radius 2 is 1.85 bits per heavy atom. The summed E-state index contributed by atoms with van der Waals surface area (Å²) in [6, 6.07) is 10.7. The summed E-state index contributed by atoms with van der Waals surface area (Å²) < 4.78 is 48.4. The van der Waals surface area contributed by atoms with Crippen LogP contribution in [0.15, 0.2) is 54.9 Å². The summed E-state index contributed by atoms with van der Waals surface area (Å²) in [4.78, 5) is 34.2. The Labute approximate surface area is 232 Å². The minimum Gasteiger partial charge on any atom is -0.444 e. The Kier molecular flexibility index (Phi) is 7.28. The first kappa shape index (κ1) is 27.9. The van der Waals surface area contributed by atoms with E-state index in [1.807, 2.05) is 0 Å². The molecule has 0 aliphatic heterocycles. The van der Waals surface area contributed by atoms with Gasteiger partial charge in [-0.05, 0) is 75.1 Å². The van der Waals surface area contributed by atoms with Crippen molar-refractivity contribution in [3.63, 3.8) is 0 Å². The number of carbonyl (C=O) groups excluding carboxylic acids is 2. The lowest BCUT2D eigenvalue weighted by molar-refractivity contribution is -0.274. The van der Waals surface area contributed by atoms with E-state index in [0.29, 0.717) is 28.0 Å². The maximum absolute atomic E-state index is 13.2. The number of aromatic nitrogens is 4. The standard InChI is InChI=1S/C28H27F3N6O4/c1-27(2,3)41-26(39)35-25-34-22-13-18(9-10-37(22)36-25)19-12-21(23(32-15-19)17-7-8-17)24(38)33-14-16-5-4-6-20(11-16)40-28(29,30)31/h4-6,9-13,15,17H,7-8,14H2,1-3H3,(H,33,38)(H,35,36,39). The highest BCUT2D eigenvalue weighted by atomic mass is 19.4. The summed E-state index contributed by atoms with van der Waals surface area (Å²) in [6.07, 6.45) is -0.291. The average Bonchev–Trinajstić information content (AvgIpc) is 3.64. The Bertz CT molecular complexity index is 1610. The lowest BCUT2D eigenvalue weighted by atomic mass is 10.0. The van der Waals surface area contributed by atoms with E-state index < -0.39 is 24.0 Å². The zero-order chi connectivity index (χ0) is 29.4. The molecule has 1 aliphatic rings. The van der Waals surface area contributed by atoms with E-state index in [1.165, 1.54) is 22.7 Å². The number of benzene rings is 1. The lowest BCUT2D eigenvalue weighted by Crippen LogP contribution is -2.27. The van der Waals surface area contributed by atoms with Crippen molar-refractivity contribution in [1.82, 2.24) is 24.9 Å². The second-order valence-electron chi connectivity index (χ2n) is 10.6. The van der Waals surface area contributed by atoms with Crippen LogP contribution in [-0.2, 0) is 11.3 Å². The molecule has 1 saturated carbocycles. The van der Waals surface area contributed by atoms with Gasteiger partial charge >= 0.3 is 12.5 Å². The molecule has 2 N–H and O–H groups in total. The third kappa shape index (κ3) is 7.29. The van der Waals surface area contributed by atoms with Gasteiger partial charge in [-0.1, -0.05) is 12.1 Å². The third-order valence-corrected chi connectivity index (χ3v) is 6.00. The predicted octanol–water partition coefficient (Wildman–Crippen LogP) is 5.84. The Hall–Kier alpha value is -4.68. The zero-order valence-electron chi connectivity index (χ0n) is 22.5. The van der Waals surface area contributed by atoms with Gasteiger partial charge in [-0.3, -0.25) is 15.1 Å². The van der Waals surface area contributed by atoms with Crippen LogP contribution < -0.4 is 15.4 Å². The molecule has 41 heavy (non-hydrogen) atoms. The SMILES string of the molecule is CC(C)(C)OC(=O)Nc1nc2cc(-c3cnc(C4CC4)c(C(=O)NCc4cccc(OC(F)(F)F)c4)c3)ccn2n1. The highest BCUT2D eigenvalue weighted by Gasteiger charge is 2.31. The van der Waals surface area contributed by atoms with Gasteiger partial charge in [0.25, 0.3) is 11.9 Å². The van der Waals surface area contributed by atoms with Crippen LogP contribution in [0, 0.1) is 0 Å². The first-order chi connectivity index (χ1) is 19.3. The molecule has 5 rings (SSSR count). The molecule has 2 amide bonds. The van der Waals surface area contributed by atoms with Gasteiger partial charge in [0, 0.05) is 30.4 Å². The van der Waals surface area contributed by atoms with Gasteiger partial charge in [-0.15, -0.1) is 18.3 Å². The van der Waals surface area contributed by atoms with Crippen molar-refractivity contribution < 1.29 is 32.2 Å². The van der Waals surface area contributed by atoms with E-state index in [0.717, 1.165) is 18.4 Å². The number of halogens is 3. The number of anilines is 1. The number of fused-ring (bicyclic) bond motifs is 1. The van der Waals surface area contributed by atoms with Crippen molar-refractivity contribution in [1.29, 1.82) is 0 Å². The Morgan fingerprint density at radius 1 is 1.07 bits per heavy atom. The van der Waals surface area contributed by atoms with Crippen molar-refractivity contribution in [2.75, 3.05) is 5.32 Å². The molecule has 0 saturated heterocycles. The molecular weight excluding hydrogens is 541 g/mol. The van der Waals surface area contributed by atoms with Gasteiger partial charge in [0.2, 0.25) is 0 Å². The molecule has 10 nitrogen and oxygen atoms in total. The van der Waals surface area contributed by atoms with Gasteiger partial charge in [-0.25, -0.2) is 9.31 Å². The van der Waals surface area contributed by atoms with E-state index in [1.54, 1.807) is 57.4 Å². The van der Waals surface area contributed by atoms with Gasteiger partial charge in [0.1, 0.15) is 11.4 Å². The predicted molar refractivity (Wildman–Crippen MR) is 142 cm³/mol. The van der Waals surface area contributed by atoms with E-state index in [-0.39, 0.29) is 24.2 Å². The molecule has 13 heteroatoms. The topological polar surface area (TPSA) is 120 Å². The monoisotopic (exact) mass is 568 g/mol. The maximum atomic E-state index is 13.2. The van der Waals surface area contributed by atoms with Gasteiger partial charge in [0.15, 0.2) is 5.65 Å². The number of pyridine rings is 2. The quantitative estimate of drug-likeness (QED) is 0.287. The molecule has 0 spiro atoms. The molecule has 3 heterocycles. The highest BCUT2D eigenvalue weighted by Crippen LogP contribution is 2.41. The smallest absolute Gasteiger partial charge is 0.444 e. The molecule has 1 aliphatic carbocycles. The summed E-state index contributed by atoms with van der Waals surface area (Å²) >= 11 is 0. The number of nitrogens with one attached hydrogen (secondary N) is 2. The second kappa shape index (κ2) is 10.7. The molecule has 214 valence electrons. The highest BCUT2D eigenvalue weighted by molar-refractivity contribution is 5.96. The second-order valence-corrected chi connectivity index (χ2v) is 10.6. The van der Waals surface area contributed by atoms with Crippen LogP contribution >= 0.6 is 0 Å². The minimum absolute atomic E-state index is 0.00134. The van der Waals surface area contributed by atoms with Crippen LogP contribution in [0.2, 0.25) is 0 Å². The van der Waals surface area contributed by atoms with Crippen molar-refractivity contribution in [2.45, 2.75) is 58.0 Å². The van der Waals surface area contributed by atoms with E-state index >= 15 is 0 Å². The summed E-state index contributed by atoms with van der Waals surface area (Å²) in [5, 5.41) is 9.52. The molecule has 4 aromatic rings. The zero-order valence-corrected chi connectivity index (χ0v) is 22.5. The number of hydrogen-bond acceptors (Lipinski definition) is 7. The lowest BCUT2D eigenvalue weighted by Gasteiger charge is -2.18. The number of rotatable bonds is 7. The number of alkyl halides is 3. The first-order valence-corrected chi connectivity index (χ1v) is 12.8. The van der Waals surface area contributed by atoms with E-state index in [4.69, 9.17) is 4.74 Å². The van der Waals surface area contributed by atoms with Gasteiger partial charge in [0.05, 0.1) is 11.3 Å². The van der Waals surface area contributed by atoms with Crippen molar-refractivity contribution in [3.8, 4) is 16.9 Å². The molecule has 0 radical (unpaired) electrons. The van der Waals surface area contributed by atoms with Crippen LogP contribution in [0.4, 0.5) is 23.9 Å². The summed E-state index contributed by atoms with van der Waals surface area (Å²) in [5.74, 6) is -0.507. The Morgan fingerprint density at radius 3 is 2.56 bits per heavy atom.